The zero-order valence-electron chi connectivity index (χ0n) is 18.0. The average Bonchev–Trinajstić information content (AvgIpc) is 3.12. The summed E-state index contributed by atoms with van der Waals surface area (Å²) in [5.74, 6) is 1.27. The Labute approximate surface area is 183 Å². The van der Waals surface area contributed by atoms with E-state index in [0.29, 0.717) is 31.0 Å². The van der Waals surface area contributed by atoms with Crippen molar-refractivity contribution < 1.29 is 14.6 Å². The van der Waals surface area contributed by atoms with Gasteiger partial charge in [0.25, 0.3) is 0 Å². The van der Waals surface area contributed by atoms with Crippen molar-refractivity contribution in [1.29, 1.82) is 0 Å². The van der Waals surface area contributed by atoms with Gasteiger partial charge in [0.2, 0.25) is 5.91 Å². The summed E-state index contributed by atoms with van der Waals surface area (Å²) < 4.78 is 5.72. The number of hydrogen-bond donors (Lipinski definition) is 2. The van der Waals surface area contributed by atoms with Gasteiger partial charge >= 0.3 is 0 Å². The van der Waals surface area contributed by atoms with Gasteiger partial charge in [0.05, 0.1) is 18.3 Å². The molecule has 3 heterocycles. The van der Waals surface area contributed by atoms with Gasteiger partial charge in [-0.15, -0.1) is 0 Å². The van der Waals surface area contributed by atoms with E-state index in [1.54, 1.807) is 12.4 Å². The summed E-state index contributed by atoms with van der Waals surface area (Å²) in [6.07, 6.45) is 4.04. The lowest BCUT2D eigenvalue weighted by molar-refractivity contribution is -0.117. The molecule has 2 fully saturated rings. The highest BCUT2D eigenvalue weighted by atomic mass is 16.5. The van der Waals surface area contributed by atoms with Crippen LogP contribution < -0.4 is 10.1 Å². The molecule has 0 unspecified atom stereocenters. The van der Waals surface area contributed by atoms with Crippen LogP contribution in [0.2, 0.25) is 0 Å². The van der Waals surface area contributed by atoms with Gasteiger partial charge in [-0.05, 0) is 49.9 Å². The van der Waals surface area contributed by atoms with Gasteiger partial charge in [0, 0.05) is 57.7 Å². The Kier molecular flexibility index (Phi) is 6.82. The molecule has 0 spiro atoms. The number of carbonyl (C=O) groups is 1. The molecule has 1 atom stereocenters. The van der Waals surface area contributed by atoms with Gasteiger partial charge < -0.3 is 20.1 Å². The van der Waals surface area contributed by atoms with E-state index < -0.39 is 5.60 Å². The molecule has 0 radical (unpaired) electrons. The minimum atomic E-state index is -0.735. The molecule has 1 aromatic heterocycles. The molecule has 2 aliphatic rings. The average molecular weight is 426 g/mol. The van der Waals surface area contributed by atoms with E-state index in [0.717, 1.165) is 38.4 Å². The number of anilines is 1. The second-order valence-corrected chi connectivity index (χ2v) is 8.63. The molecular weight excluding hydrogens is 394 g/mol. The van der Waals surface area contributed by atoms with E-state index in [2.05, 4.69) is 27.1 Å². The topological polar surface area (TPSA) is 81.2 Å². The fraction of sp³-hybridized carbons (Fsp3) is 0.478. The molecule has 0 bridgehead atoms. The van der Waals surface area contributed by atoms with Crippen molar-refractivity contribution in [2.45, 2.75) is 12.0 Å². The first kappa shape index (κ1) is 21.7. The van der Waals surface area contributed by atoms with Crippen molar-refractivity contribution in [3.8, 4) is 11.5 Å². The number of carbonyl (C=O) groups excluding carboxylic acids is 1. The molecule has 1 amide bonds. The molecule has 0 aliphatic carbocycles. The lowest BCUT2D eigenvalue weighted by atomic mass is 10.0. The molecule has 2 saturated heterocycles. The molecule has 2 aromatic rings. The minimum Gasteiger partial charge on any atom is -0.456 e. The summed E-state index contributed by atoms with van der Waals surface area (Å²) in [4.78, 5) is 23.2. The van der Waals surface area contributed by atoms with E-state index in [9.17, 15) is 9.90 Å². The number of amides is 1. The highest BCUT2D eigenvalue weighted by molar-refractivity contribution is 5.92. The van der Waals surface area contributed by atoms with Gasteiger partial charge in [-0.3, -0.25) is 19.6 Å². The maximum Gasteiger partial charge on any atom is 0.238 e. The highest BCUT2D eigenvalue weighted by Crippen LogP contribution is 2.24. The summed E-state index contributed by atoms with van der Waals surface area (Å²) in [6.45, 7) is 6.26. The van der Waals surface area contributed by atoms with E-state index in [4.69, 9.17) is 4.74 Å². The third-order valence-corrected chi connectivity index (χ3v) is 5.90. The molecule has 8 heteroatoms. The summed E-state index contributed by atoms with van der Waals surface area (Å²) in [5.41, 5.74) is -0.0167. The monoisotopic (exact) mass is 425 g/mol. The number of likely N-dealkylation sites (tertiary alicyclic amines) is 1. The first-order valence-electron chi connectivity index (χ1n) is 10.8. The van der Waals surface area contributed by atoms with Crippen molar-refractivity contribution in [3.63, 3.8) is 0 Å². The number of likely N-dealkylation sites (N-methyl/N-ethyl adjacent to an activating group) is 1. The number of ether oxygens (including phenoxy) is 1. The van der Waals surface area contributed by atoms with Gasteiger partial charge in [0.15, 0.2) is 0 Å². The van der Waals surface area contributed by atoms with Crippen LogP contribution in [0.1, 0.15) is 6.42 Å². The summed E-state index contributed by atoms with van der Waals surface area (Å²) in [6, 6.07) is 10.9. The maximum atomic E-state index is 12.5. The van der Waals surface area contributed by atoms with Crippen LogP contribution in [0.25, 0.3) is 0 Å². The molecule has 31 heavy (non-hydrogen) atoms. The second-order valence-electron chi connectivity index (χ2n) is 8.63. The fourth-order valence-electron chi connectivity index (χ4n) is 4.18. The van der Waals surface area contributed by atoms with Crippen LogP contribution >= 0.6 is 0 Å². The largest absolute Gasteiger partial charge is 0.456 e. The number of aliphatic hydroxyl groups is 1. The molecule has 166 valence electrons. The van der Waals surface area contributed by atoms with Crippen molar-refractivity contribution in [2.24, 2.45) is 0 Å². The summed E-state index contributed by atoms with van der Waals surface area (Å²) in [5, 5.41) is 13.9. The predicted molar refractivity (Wildman–Crippen MR) is 119 cm³/mol. The number of pyridine rings is 1. The Bertz CT molecular complexity index is 855. The van der Waals surface area contributed by atoms with Crippen LogP contribution in [0.5, 0.6) is 11.5 Å². The van der Waals surface area contributed by atoms with Gasteiger partial charge in [-0.2, -0.15) is 0 Å². The molecule has 2 aliphatic heterocycles. The van der Waals surface area contributed by atoms with Gasteiger partial charge in [-0.25, -0.2) is 0 Å². The standard InChI is InChI=1S/C23H31N5O3/c1-26-11-13-27(14-12-26)17-23(30)8-10-28(18-23)16-22(29)25-19-4-6-20(7-5-19)31-21-3-2-9-24-15-21/h2-7,9,15,30H,8,10-14,16-18H2,1H3,(H,25,29)/t23-/m0/s1. The Hall–Kier alpha value is -2.52. The smallest absolute Gasteiger partial charge is 0.238 e. The van der Waals surface area contributed by atoms with Crippen LogP contribution in [0.15, 0.2) is 48.8 Å². The first-order chi connectivity index (χ1) is 15.0. The molecular formula is C23H31N5O3. The minimum absolute atomic E-state index is 0.0789. The molecule has 0 saturated carbocycles. The normalized spacial score (nSPS) is 23.0. The molecule has 1 aromatic carbocycles. The lowest BCUT2D eigenvalue weighted by Crippen LogP contribution is -2.52. The van der Waals surface area contributed by atoms with Crippen LogP contribution in [0.3, 0.4) is 0 Å². The summed E-state index contributed by atoms with van der Waals surface area (Å²) >= 11 is 0. The molecule has 2 N–H and O–H groups in total. The van der Waals surface area contributed by atoms with E-state index in [1.165, 1.54) is 0 Å². The SMILES string of the molecule is CN1CCN(C[C@@]2(O)CCN(CC(=O)Nc3ccc(Oc4cccnc4)cc3)C2)CC1. The highest BCUT2D eigenvalue weighted by Gasteiger charge is 2.38. The quantitative estimate of drug-likeness (QED) is 0.696. The first-order valence-corrected chi connectivity index (χ1v) is 10.8. The Balaban J connectivity index is 1.22. The van der Waals surface area contributed by atoms with Crippen LogP contribution in [-0.2, 0) is 4.79 Å². The van der Waals surface area contributed by atoms with Crippen LogP contribution in [-0.4, -0.2) is 95.7 Å². The van der Waals surface area contributed by atoms with Crippen molar-refractivity contribution in [1.82, 2.24) is 19.7 Å². The third-order valence-electron chi connectivity index (χ3n) is 5.90. The lowest BCUT2D eigenvalue weighted by Gasteiger charge is -2.36. The number of benzene rings is 1. The zero-order chi connectivity index (χ0) is 21.7. The number of aromatic nitrogens is 1. The number of piperazine rings is 1. The number of β-amino-alcohol motifs (C(OH)–C–C–N with tert-alkyl or cyclic N) is 1. The predicted octanol–water partition coefficient (Wildman–Crippen LogP) is 1.50. The molecule has 8 nitrogen and oxygen atoms in total. The van der Waals surface area contributed by atoms with Gasteiger partial charge in [-0.1, -0.05) is 0 Å². The Morgan fingerprint density at radius 1 is 1.10 bits per heavy atom. The zero-order valence-corrected chi connectivity index (χ0v) is 18.0. The van der Waals surface area contributed by atoms with Gasteiger partial charge in [0.1, 0.15) is 11.5 Å². The van der Waals surface area contributed by atoms with E-state index in [-0.39, 0.29) is 12.5 Å². The van der Waals surface area contributed by atoms with Crippen LogP contribution in [0.4, 0.5) is 5.69 Å². The van der Waals surface area contributed by atoms with Crippen LogP contribution in [0, 0.1) is 0 Å². The fourth-order valence-corrected chi connectivity index (χ4v) is 4.18. The van der Waals surface area contributed by atoms with E-state index >= 15 is 0 Å². The number of rotatable bonds is 7. The second kappa shape index (κ2) is 9.74. The summed E-state index contributed by atoms with van der Waals surface area (Å²) in [7, 11) is 2.13. The van der Waals surface area contributed by atoms with Crippen molar-refractivity contribution >= 4 is 11.6 Å². The van der Waals surface area contributed by atoms with Crippen molar-refractivity contribution in [3.05, 3.63) is 48.8 Å². The third kappa shape index (κ3) is 6.24. The number of hydrogen-bond acceptors (Lipinski definition) is 7. The number of nitrogens with one attached hydrogen (secondary N) is 1. The Morgan fingerprint density at radius 3 is 2.58 bits per heavy atom. The molecule has 4 rings (SSSR count). The maximum absolute atomic E-state index is 12.5. The van der Waals surface area contributed by atoms with Crippen molar-refractivity contribution in [2.75, 3.05) is 64.7 Å². The Morgan fingerprint density at radius 2 is 1.87 bits per heavy atom. The van der Waals surface area contributed by atoms with E-state index in [1.807, 2.05) is 41.3 Å². The number of nitrogens with zero attached hydrogens (tertiary/aromatic N) is 4.